The monoisotopic (exact) mass is 354 g/mol. The summed E-state index contributed by atoms with van der Waals surface area (Å²) in [7, 11) is 1.65. The fourth-order valence-corrected chi connectivity index (χ4v) is 3.41. The minimum atomic E-state index is 0.0350. The van der Waals surface area contributed by atoms with Gasteiger partial charge in [0.15, 0.2) is 0 Å². The Hall–Kier alpha value is -2.63. The van der Waals surface area contributed by atoms with Gasteiger partial charge >= 0.3 is 0 Å². The molecule has 0 aliphatic carbocycles. The number of piperidine rings is 1. The molecule has 1 N–H and O–H groups in total. The summed E-state index contributed by atoms with van der Waals surface area (Å²) in [6, 6.07) is 8.14. The van der Waals surface area contributed by atoms with Crippen molar-refractivity contribution in [2.45, 2.75) is 45.2 Å². The Morgan fingerprint density at radius 2 is 2.04 bits per heavy atom. The van der Waals surface area contributed by atoms with Gasteiger partial charge in [0, 0.05) is 37.1 Å². The Labute approximate surface area is 154 Å². The topological polar surface area (TPSA) is 67.4 Å². The van der Waals surface area contributed by atoms with Gasteiger partial charge in [-0.2, -0.15) is 0 Å². The molecule has 0 spiro atoms. The third kappa shape index (κ3) is 4.12. The van der Waals surface area contributed by atoms with E-state index in [9.17, 15) is 4.79 Å². The van der Waals surface area contributed by atoms with E-state index in [1.54, 1.807) is 19.5 Å². The van der Waals surface area contributed by atoms with Crippen LogP contribution in [0, 0.1) is 0 Å². The summed E-state index contributed by atoms with van der Waals surface area (Å²) in [6.45, 7) is 3.52. The van der Waals surface area contributed by atoms with E-state index in [1.165, 1.54) is 6.42 Å². The predicted octanol–water partition coefficient (Wildman–Crippen LogP) is 3.50. The van der Waals surface area contributed by atoms with Gasteiger partial charge in [0.05, 0.1) is 12.7 Å². The summed E-state index contributed by atoms with van der Waals surface area (Å²) >= 11 is 0. The van der Waals surface area contributed by atoms with Crippen LogP contribution in [0.2, 0.25) is 0 Å². The van der Waals surface area contributed by atoms with Crippen LogP contribution >= 0.6 is 0 Å². The third-order valence-electron chi connectivity index (χ3n) is 4.89. The largest absolute Gasteiger partial charge is 0.496 e. The average Bonchev–Trinajstić information content (AvgIpc) is 2.72. The van der Waals surface area contributed by atoms with E-state index in [4.69, 9.17) is 4.74 Å². The van der Waals surface area contributed by atoms with Gasteiger partial charge in [-0.1, -0.05) is 25.1 Å². The molecule has 26 heavy (non-hydrogen) atoms. The van der Waals surface area contributed by atoms with Crippen LogP contribution in [0.4, 0.5) is 5.95 Å². The molecule has 1 aliphatic rings. The van der Waals surface area contributed by atoms with Crippen molar-refractivity contribution in [2.75, 3.05) is 19.0 Å². The summed E-state index contributed by atoms with van der Waals surface area (Å²) in [4.78, 5) is 23.3. The number of methoxy groups -OCH3 is 1. The Balaban J connectivity index is 1.63. The Kier molecular flexibility index (Phi) is 6.04. The van der Waals surface area contributed by atoms with Gasteiger partial charge < -0.3 is 15.0 Å². The molecule has 0 saturated carbocycles. The van der Waals surface area contributed by atoms with Crippen LogP contribution in [0.3, 0.4) is 0 Å². The number of hydrogen-bond donors (Lipinski definition) is 1. The first-order valence-electron chi connectivity index (χ1n) is 9.21. The Morgan fingerprint density at radius 1 is 1.27 bits per heavy atom. The standard InChI is InChI=1S/C20H26N4O2/c1-3-17-9-6-7-11-24(17)19(25)16-13-22-20(23-14-16)21-12-15-8-4-5-10-18(15)26-2/h4-5,8,10,13-14,17H,3,6-7,9,11-12H2,1-2H3,(H,21,22,23). The van der Waals surface area contributed by atoms with Crippen LogP contribution in [-0.4, -0.2) is 40.5 Å². The molecular formula is C20H26N4O2. The fourth-order valence-electron chi connectivity index (χ4n) is 3.41. The van der Waals surface area contributed by atoms with Crippen molar-refractivity contribution in [1.82, 2.24) is 14.9 Å². The van der Waals surface area contributed by atoms with E-state index in [0.717, 1.165) is 37.1 Å². The molecule has 138 valence electrons. The fraction of sp³-hybridized carbons (Fsp3) is 0.450. The molecule has 1 unspecified atom stereocenters. The predicted molar refractivity (Wildman–Crippen MR) is 101 cm³/mol. The number of ether oxygens (including phenoxy) is 1. The van der Waals surface area contributed by atoms with Gasteiger partial charge in [-0.25, -0.2) is 9.97 Å². The molecule has 1 amide bonds. The quantitative estimate of drug-likeness (QED) is 0.860. The van der Waals surface area contributed by atoms with E-state index < -0.39 is 0 Å². The number of carbonyl (C=O) groups excluding carboxylic acids is 1. The summed E-state index contributed by atoms with van der Waals surface area (Å²) in [5.74, 6) is 1.36. The summed E-state index contributed by atoms with van der Waals surface area (Å²) < 4.78 is 5.34. The number of nitrogens with zero attached hydrogens (tertiary/aromatic N) is 3. The number of benzene rings is 1. The number of carbonyl (C=O) groups is 1. The third-order valence-corrected chi connectivity index (χ3v) is 4.89. The number of rotatable bonds is 6. The molecular weight excluding hydrogens is 328 g/mol. The molecule has 1 saturated heterocycles. The van der Waals surface area contributed by atoms with Crippen molar-refractivity contribution in [3.8, 4) is 5.75 Å². The lowest BCUT2D eigenvalue weighted by atomic mass is 9.99. The number of likely N-dealkylation sites (tertiary alicyclic amines) is 1. The molecule has 3 rings (SSSR count). The van der Waals surface area contributed by atoms with Crippen LogP contribution in [0.1, 0.15) is 48.5 Å². The molecule has 1 atom stereocenters. The molecule has 1 aromatic heterocycles. The van der Waals surface area contributed by atoms with Crippen molar-refractivity contribution in [2.24, 2.45) is 0 Å². The molecule has 0 radical (unpaired) electrons. The van der Waals surface area contributed by atoms with Gasteiger partial charge in [-0.3, -0.25) is 4.79 Å². The van der Waals surface area contributed by atoms with Gasteiger partial charge in [-0.05, 0) is 31.7 Å². The molecule has 0 bridgehead atoms. The van der Waals surface area contributed by atoms with Crippen LogP contribution in [-0.2, 0) is 6.54 Å². The van der Waals surface area contributed by atoms with Crippen molar-refractivity contribution in [1.29, 1.82) is 0 Å². The molecule has 1 aliphatic heterocycles. The van der Waals surface area contributed by atoms with Crippen LogP contribution in [0.25, 0.3) is 0 Å². The molecule has 2 heterocycles. The molecule has 1 fully saturated rings. The van der Waals surface area contributed by atoms with E-state index in [2.05, 4.69) is 22.2 Å². The maximum Gasteiger partial charge on any atom is 0.257 e. The minimum absolute atomic E-state index is 0.0350. The first-order valence-corrected chi connectivity index (χ1v) is 9.21. The highest BCUT2D eigenvalue weighted by Gasteiger charge is 2.26. The first-order chi connectivity index (χ1) is 12.7. The van der Waals surface area contributed by atoms with E-state index in [0.29, 0.717) is 24.1 Å². The van der Waals surface area contributed by atoms with Crippen molar-refractivity contribution < 1.29 is 9.53 Å². The van der Waals surface area contributed by atoms with Crippen molar-refractivity contribution in [3.05, 3.63) is 47.8 Å². The lowest BCUT2D eigenvalue weighted by Gasteiger charge is -2.35. The molecule has 2 aromatic rings. The zero-order chi connectivity index (χ0) is 18.4. The molecule has 1 aromatic carbocycles. The van der Waals surface area contributed by atoms with Gasteiger partial charge in [-0.15, -0.1) is 0 Å². The molecule has 6 nitrogen and oxygen atoms in total. The summed E-state index contributed by atoms with van der Waals surface area (Å²) in [5.41, 5.74) is 1.58. The number of hydrogen-bond acceptors (Lipinski definition) is 5. The Morgan fingerprint density at radius 3 is 2.77 bits per heavy atom. The highest BCUT2D eigenvalue weighted by molar-refractivity contribution is 5.94. The maximum absolute atomic E-state index is 12.8. The number of nitrogens with one attached hydrogen (secondary N) is 1. The average molecular weight is 354 g/mol. The summed E-state index contributed by atoms with van der Waals surface area (Å²) in [6.07, 6.45) is 7.57. The number of amides is 1. The zero-order valence-corrected chi connectivity index (χ0v) is 15.4. The van der Waals surface area contributed by atoms with Crippen LogP contribution in [0.5, 0.6) is 5.75 Å². The van der Waals surface area contributed by atoms with Gasteiger partial charge in [0.2, 0.25) is 5.95 Å². The normalized spacial score (nSPS) is 17.0. The summed E-state index contributed by atoms with van der Waals surface area (Å²) in [5, 5.41) is 3.17. The van der Waals surface area contributed by atoms with E-state index in [-0.39, 0.29) is 5.91 Å². The number of aromatic nitrogens is 2. The first kappa shape index (κ1) is 18.2. The van der Waals surface area contributed by atoms with E-state index in [1.807, 2.05) is 29.2 Å². The van der Waals surface area contributed by atoms with Gasteiger partial charge in [0.1, 0.15) is 5.75 Å². The highest BCUT2D eigenvalue weighted by Crippen LogP contribution is 2.22. The second kappa shape index (κ2) is 8.65. The maximum atomic E-state index is 12.8. The minimum Gasteiger partial charge on any atom is -0.496 e. The highest BCUT2D eigenvalue weighted by atomic mass is 16.5. The van der Waals surface area contributed by atoms with Crippen molar-refractivity contribution in [3.63, 3.8) is 0 Å². The van der Waals surface area contributed by atoms with Crippen molar-refractivity contribution >= 4 is 11.9 Å². The van der Waals surface area contributed by atoms with Crippen LogP contribution in [0.15, 0.2) is 36.7 Å². The second-order valence-electron chi connectivity index (χ2n) is 6.52. The van der Waals surface area contributed by atoms with Crippen LogP contribution < -0.4 is 10.1 Å². The molecule has 6 heteroatoms. The SMILES string of the molecule is CCC1CCCCN1C(=O)c1cnc(NCc2ccccc2OC)nc1. The second-order valence-corrected chi connectivity index (χ2v) is 6.52. The smallest absolute Gasteiger partial charge is 0.257 e. The number of para-hydroxylation sites is 1. The zero-order valence-electron chi connectivity index (χ0n) is 15.4. The Bertz CT molecular complexity index is 733. The lowest BCUT2D eigenvalue weighted by molar-refractivity contribution is 0.0607. The lowest BCUT2D eigenvalue weighted by Crippen LogP contribution is -2.43. The van der Waals surface area contributed by atoms with E-state index >= 15 is 0 Å². The van der Waals surface area contributed by atoms with Gasteiger partial charge in [0.25, 0.3) is 5.91 Å². The number of anilines is 1.